The number of nitrogens with one attached hydrogen (secondary N) is 1. The molecule has 3 unspecified atom stereocenters. The molecule has 0 aromatic rings. The highest BCUT2D eigenvalue weighted by Crippen LogP contribution is 2.34. The zero-order valence-electron chi connectivity index (χ0n) is 13.7. The molecule has 122 valence electrons. The first-order valence-corrected chi connectivity index (χ1v) is 8.25. The molecule has 1 saturated heterocycles. The van der Waals surface area contributed by atoms with Crippen LogP contribution in [0.2, 0.25) is 0 Å². The lowest BCUT2D eigenvalue weighted by Gasteiger charge is -2.32. The second kappa shape index (κ2) is 7.56. The van der Waals surface area contributed by atoms with Crippen molar-refractivity contribution in [3.8, 4) is 0 Å². The Morgan fingerprint density at radius 3 is 2.90 bits per heavy atom. The van der Waals surface area contributed by atoms with Crippen molar-refractivity contribution in [2.75, 3.05) is 40.5 Å². The summed E-state index contributed by atoms with van der Waals surface area (Å²) in [4.78, 5) is 14.6. The van der Waals surface area contributed by atoms with E-state index < -0.39 is 5.54 Å². The molecule has 1 heterocycles. The fourth-order valence-electron chi connectivity index (χ4n) is 3.69. The highest BCUT2D eigenvalue weighted by atomic mass is 16.5. The van der Waals surface area contributed by atoms with E-state index in [9.17, 15) is 4.79 Å². The Labute approximate surface area is 128 Å². The van der Waals surface area contributed by atoms with E-state index in [0.717, 1.165) is 39.0 Å². The van der Waals surface area contributed by atoms with Gasteiger partial charge in [-0.1, -0.05) is 0 Å². The van der Waals surface area contributed by atoms with Gasteiger partial charge in [-0.15, -0.1) is 0 Å². The molecule has 0 amide bonds. The molecule has 3 atom stereocenters. The average molecular weight is 298 g/mol. The number of carbonyl (C=O) groups excluding carboxylic acids is 1. The van der Waals surface area contributed by atoms with E-state index in [1.165, 1.54) is 12.8 Å². The minimum atomic E-state index is -0.488. The van der Waals surface area contributed by atoms with Gasteiger partial charge >= 0.3 is 5.97 Å². The molecule has 0 bridgehead atoms. The first-order valence-electron chi connectivity index (χ1n) is 8.25. The molecular weight excluding hydrogens is 268 g/mol. The molecule has 2 rings (SSSR count). The van der Waals surface area contributed by atoms with Crippen LogP contribution in [0, 0.1) is 5.92 Å². The van der Waals surface area contributed by atoms with Crippen LogP contribution in [0.25, 0.3) is 0 Å². The van der Waals surface area contributed by atoms with E-state index in [2.05, 4.69) is 17.3 Å². The Morgan fingerprint density at radius 2 is 2.29 bits per heavy atom. The van der Waals surface area contributed by atoms with E-state index in [-0.39, 0.29) is 5.97 Å². The molecule has 5 nitrogen and oxygen atoms in total. The standard InChI is InChI=1S/C16H30N2O3/c1-4-21-15(19)16(17-2)8-7-14(10-16)18(3)11-13-6-5-9-20-12-13/h13-14,17H,4-12H2,1-3H3. The van der Waals surface area contributed by atoms with Crippen LogP contribution in [-0.2, 0) is 14.3 Å². The zero-order valence-corrected chi connectivity index (χ0v) is 13.7. The summed E-state index contributed by atoms with van der Waals surface area (Å²) < 4.78 is 10.8. The maximum atomic E-state index is 12.2. The zero-order chi connectivity index (χ0) is 15.3. The highest BCUT2D eigenvalue weighted by Gasteiger charge is 2.46. The number of nitrogens with zero attached hydrogens (tertiary/aromatic N) is 1. The third-order valence-corrected chi connectivity index (χ3v) is 5.06. The Hall–Kier alpha value is -0.650. The summed E-state index contributed by atoms with van der Waals surface area (Å²) in [6.45, 7) is 5.17. The molecule has 1 aliphatic carbocycles. The van der Waals surface area contributed by atoms with Crippen molar-refractivity contribution < 1.29 is 14.3 Å². The summed E-state index contributed by atoms with van der Waals surface area (Å²) in [5.74, 6) is 0.542. The van der Waals surface area contributed by atoms with Gasteiger partial charge in [-0.3, -0.25) is 4.79 Å². The maximum Gasteiger partial charge on any atom is 0.326 e. The fourth-order valence-corrected chi connectivity index (χ4v) is 3.69. The lowest BCUT2D eigenvalue weighted by molar-refractivity contribution is -0.151. The second-order valence-electron chi connectivity index (χ2n) is 6.47. The van der Waals surface area contributed by atoms with Gasteiger partial charge in [-0.05, 0) is 59.0 Å². The quantitative estimate of drug-likeness (QED) is 0.752. The van der Waals surface area contributed by atoms with Gasteiger partial charge in [0.2, 0.25) is 0 Å². The average Bonchev–Trinajstić information content (AvgIpc) is 2.94. The monoisotopic (exact) mass is 298 g/mol. The van der Waals surface area contributed by atoms with Crippen LogP contribution in [0.3, 0.4) is 0 Å². The number of hydrogen-bond donors (Lipinski definition) is 1. The van der Waals surface area contributed by atoms with Gasteiger partial charge in [0.05, 0.1) is 13.2 Å². The van der Waals surface area contributed by atoms with Gasteiger partial charge in [-0.25, -0.2) is 0 Å². The largest absolute Gasteiger partial charge is 0.465 e. The van der Waals surface area contributed by atoms with Crippen LogP contribution < -0.4 is 5.32 Å². The molecule has 1 aliphatic heterocycles. The summed E-state index contributed by atoms with van der Waals surface area (Å²) in [6, 6.07) is 0.448. The number of hydrogen-bond acceptors (Lipinski definition) is 5. The molecule has 1 N–H and O–H groups in total. The van der Waals surface area contributed by atoms with Crippen molar-refractivity contribution in [2.45, 2.75) is 50.6 Å². The summed E-state index contributed by atoms with van der Waals surface area (Å²) in [5.41, 5.74) is -0.488. The Morgan fingerprint density at radius 1 is 1.48 bits per heavy atom. The number of carbonyl (C=O) groups is 1. The molecule has 2 fully saturated rings. The van der Waals surface area contributed by atoms with Crippen LogP contribution in [0.15, 0.2) is 0 Å². The second-order valence-corrected chi connectivity index (χ2v) is 6.47. The normalized spacial score (nSPS) is 33.3. The van der Waals surface area contributed by atoms with Crippen LogP contribution in [0.5, 0.6) is 0 Å². The lowest BCUT2D eigenvalue weighted by atomic mass is 9.97. The summed E-state index contributed by atoms with van der Waals surface area (Å²) in [5, 5.41) is 3.22. The summed E-state index contributed by atoms with van der Waals surface area (Å²) in [6.07, 6.45) is 5.17. The van der Waals surface area contributed by atoms with E-state index in [4.69, 9.17) is 9.47 Å². The third-order valence-electron chi connectivity index (χ3n) is 5.06. The van der Waals surface area contributed by atoms with Crippen LogP contribution in [-0.4, -0.2) is 62.9 Å². The third kappa shape index (κ3) is 3.96. The fraction of sp³-hybridized carbons (Fsp3) is 0.938. The SMILES string of the molecule is CCOC(=O)C1(NC)CCC(N(C)CC2CCCOC2)C1. The summed E-state index contributed by atoms with van der Waals surface area (Å²) in [7, 11) is 4.05. The van der Waals surface area contributed by atoms with Gasteiger partial charge < -0.3 is 19.7 Å². The highest BCUT2D eigenvalue weighted by molar-refractivity contribution is 5.81. The minimum Gasteiger partial charge on any atom is -0.465 e. The topological polar surface area (TPSA) is 50.8 Å². The van der Waals surface area contributed by atoms with E-state index in [1.807, 2.05) is 14.0 Å². The van der Waals surface area contributed by atoms with E-state index in [0.29, 0.717) is 18.6 Å². The van der Waals surface area contributed by atoms with Gasteiger partial charge in [0.1, 0.15) is 5.54 Å². The number of rotatable bonds is 6. The molecule has 21 heavy (non-hydrogen) atoms. The molecule has 0 aromatic heterocycles. The predicted octanol–water partition coefficient (Wildman–Crippen LogP) is 1.42. The number of esters is 1. The van der Waals surface area contributed by atoms with Gasteiger partial charge in [-0.2, -0.15) is 0 Å². The molecule has 0 aromatic carbocycles. The van der Waals surface area contributed by atoms with Crippen molar-refractivity contribution >= 4 is 5.97 Å². The molecule has 2 aliphatic rings. The van der Waals surface area contributed by atoms with E-state index in [1.54, 1.807) is 0 Å². The smallest absolute Gasteiger partial charge is 0.326 e. The van der Waals surface area contributed by atoms with Crippen LogP contribution in [0.1, 0.15) is 39.0 Å². The van der Waals surface area contributed by atoms with Crippen LogP contribution >= 0.6 is 0 Å². The van der Waals surface area contributed by atoms with E-state index >= 15 is 0 Å². The molecule has 0 spiro atoms. The molecular formula is C16H30N2O3. The van der Waals surface area contributed by atoms with Gasteiger partial charge in [0.15, 0.2) is 0 Å². The van der Waals surface area contributed by atoms with Crippen LogP contribution in [0.4, 0.5) is 0 Å². The molecule has 0 radical (unpaired) electrons. The number of ether oxygens (including phenoxy) is 2. The number of likely N-dealkylation sites (N-methyl/N-ethyl adjacent to an activating group) is 1. The lowest BCUT2D eigenvalue weighted by Crippen LogP contribution is -2.50. The van der Waals surface area contributed by atoms with Crippen molar-refractivity contribution in [1.29, 1.82) is 0 Å². The van der Waals surface area contributed by atoms with Crippen molar-refractivity contribution in [3.05, 3.63) is 0 Å². The first-order chi connectivity index (χ1) is 10.1. The predicted molar refractivity (Wildman–Crippen MR) is 82.2 cm³/mol. The first kappa shape index (κ1) is 16.7. The van der Waals surface area contributed by atoms with Crippen molar-refractivity contribution in [3.63, 3.8) is 0 Å². The molecule has 1 saturated carbocycles. The van der Waals surface area contributed by atoms with Gasteiger partial charge in [0, 0.05) is 19.2 Å². The summed E-state index contributed by atoms with van der Waals surface area (Å²) >= 11 is 0. The Kier molecular flexibility index (Phi) is 6.02. The minimum absolute atomic E-state index is 0.0931. The van der Waals surface area contributed by atoms with Crippen molar-refractivity contribution in [1.82, 2.24) is 10.2 Å². The molecule has 5 heteroatoms. The van der Waals surface area contributed by atoms with Gasteiger partial charge in [0.25, 0.3) is 0 Å². The van der Waals surface area contributed by atoms with Crippen molar-refractivity contribution in [2.24, 2.45) is 5.92 Å². The Balaban J connectivity index is 1.88. The maximum absolute atomic E-state index is 12.2. The Bertz CT molecular complexity index is 344.